The second-order valence-corrected chi connectivity index (χ2v) is 7.68. The number of nitrogens with one attached hydrogen (secondary N) is 1. The van der Waals surface area contributed by atoms with E-state index >= 15 is 0 Å². The Morgan fingerprint density at radius 1 is 1.33 bits per heavy atom. The van der Waals surface area contributed by atoms with Gasteiger partial charge in [0.25, 0.3) is 0 Å². The molecule has 0 bridgehead atoms. The van der Waals surface area contributed by atoms with Gasteiger partial charge in [0.15, 0.2) is 0 Å². The van der Waals surface area contributed by atoms with Crippen molar-refractivity contribution >= 4 is 17.7 Å². The Bertz CT molecular complexity index is 693. The standard InChI is InChI=1S/C17H23FN4OS/c1-11(12-6-8-13(18)9-7-12)22(5)14(23)10-24-16-19-15(20-21-16)17(2,3)4/h6-9,11H,10H2,1-5H3,(H,19,20,21). The van der Waals surface area contributed by atoms with Crippen LogP contribution in [0.25, 0.3) is 0 Å². The van der Waals surface area contributed by atoms with Crippen LogP contribution in [0, 0.1) is 5.82 Å². The quantitative estimate of drug-likeness (QED) is 0.838. The fourth-order valence-corrected chi connectivity index (χ4v) is 2.78. The molecule has 130 valence electrons. The molecule has 1 aromatic heterocycles. The monoisotopic (exact) mass is 350 g/mol. The highest BCUT2D eigenvalue weighted by atomic mass is 32.2. The van der Waals surface area contributed by atoms with Crippen molar-refractivity contribution < 1.29 is 9.18 Å². The molecule has 7 heteroatoms. The van der Waals surface area contributed by atoms with Crippen molar-refractivity contribution in [3.63, 3.8) is 0 Å². The van der Waals surface area contributed by atoms with E-state index in [-0.39, 0.29) is 28.9 Å². The van der Waals surface area contributed by atoms with E-state index in [1.54, 1.807) is 24.1 Å². The molecule has 0 aliphatic rings. The van der Waals surface area contributed by atoms with Gasteiger partial charge in [0, 0.05) is 12.5 Å². The lowest BCUT2D eigenvalue weighted by Crippen LogP contribution is -2.31. The van der Waals surface area contributed by atoms with Crippen LogP contribution in [-0.2, 0) is 10.2 Å². The van der Waals surface area contributed by atoms with Crippen LogP contribution in [-0.4, -0.2) is 38.8 Å². The van der Waals surface area contributed by atoms with E-state index in [0.717, 1.165) is 11.4 Å². The number of halogens is 1. The lowest BCUT2D eigenvalue weighted by molar-refractivity contribution is -0.128. The summed E-state index contributed by atoms with van der Waals surface area (Å²) in [6.45, 7) is 8.06. The van der Waals surface area contributed by atoms with Gasteiger partial charge in [-0.2, -0.15) is 0 Å². The number of aromatic amines is 1. The largest absolute Gasteiger partial charge is 0.338 e. The number of benzene rings is 1. The molecular formula is C17H23FN4OS. The normalized spacial score (nSPS) is 12.9. The summed E-state index contributed by atoms with van der Waals surface area (Å²) in [7, 11) is 1.75. The predicted octanol–water partition coefficient (Wildman–Crippen LogP) is 3.55. The molecule has 1 atom stereocenters. The number of carbonyl (C=O) groups is 1. The molecule has 0 aliphatic carbocycles. The minimum atomic E-state index is -0.283. The number of hydrogen-bond acceptors (Lipinski definition) is 4. The highest BCUT2D eigenvalue weighted by Gasteiger charge is 2.21. The molecule has 0 fully saturated rings. The van der Waals surface area contributed by atoms with Gasteiger partial charge in [0.1, 0.15) is 11.6 Å². The first-order chi connectivity index (χ1) is 11.2. The van der Waals surface area contributed by atoms with Crippen LogP contribution in [0.5, 0.6) is 0 Å². The summed E-state index contributed by atoms with van der Waals surface area (Å²) in [5.74, 6) is 0.739. The smallest absolute Gasteiger partial charge is 0.233 e. The predicted molar refractivity (Wildman–Crippen MR) is 93.4 cm³/mol. The van der Waals surface area contributed by atoms with Crippen molar-refractivity contribution in [1.29, 1.82) is 0 Å². The summed E-state index contributed by atoms with van der Waals surface area (Å²) in [5, 5.41) is 7.62. The van der Waals surface area contributed by atoms with Crippen molar-refractivity contribution in [2.45, 2.75) is 44.3 Å². The number of H-pyrrole nitrogens is 1. The maximum Gasteiger partial charge on any atom is 0.233 e. The average Bonchev–Trinajstić information content (AvgIpc) is 3.01. The fraction of sp³-hybridized carbons (Fsp3) is 0.471. The number of aromatic nitrogens is 3. The first-order valence-corrected chi connectivity index (χ1v) is 8.74. The molecule has 24 heavy (non-hydrogen) atoms. The molecular weight excluding hydrogens is 327 g/mol. The Labute approximate surface area is 146 Å². The molecule has 0 radical (unpaired) electrons. The van der Waals surface area contributed by atoms with Crippen LogP contribution in [0.2, 0.25) is 0 Å². The highest BCUT2D eigenvalue weighted by molar-refractivity contribution is 7.99. The molecule has 1 heterocycles. The van der Waals surface area contributed by atoms with Crippen LogP contribution >= 0.6 is 11.8 Å². The summed E-state index contributed by atoms with van der Waals surface area (Å²) in [4.78, 5) is 18.4. The van der Waals surface area contributed by atoms with Gasteiger partial charge in [0.2, 0.25) is 11.1 Å². The number of rotatable bonds is 5. The lowest BCUT2D eigenvalue weighted by Gasteiger charge is -2.25. The number of hydrogen-bond donors (Lipinski definition) is 1. The molecule has 1 N–H and O–H groups in total. The minimum absolute atomic E-state index is 0.0288. The average molecular weight is 350 g/mol. The highest BCUT2D eigenvalue weighted by Crippen LogP contribution is 2.23. The number of nitrogens with zero attached hydrogens (tertiary/aromatic N) is 3. The van der Waals surface area contributed by atoms with E-state index in [1.807, 2.05) is 27.7 Å². The van der Waals surface area contributed by atoms with E-state index in [4.69, 9.17) is 0 Å². The van der Waals surface area contributed by atoms with Crippen LogP contribution in [0.3, 0.4) is 0 Å². The molecule has 0 saturated carbocycles. The molecule has 1 aromatic carbocycles. The summed E-state index contributed by atoms with van der Waals surface area (Å²) < 4.78 is 13.0. The maximum atomic E-state index is 13.0. The first kappa shape index (κ1) is 18.4. The Hall–Kier alpha value is -1.89. The molecule has 0 spiro atoms. The van der Waals surface area contributed by atoms with Crippen LogP contribution in [0.15, 0.2) is 29.4 Å². The summed E-state index contributed by atoms with van der Waals surface area (Å²) in [5.41, 5.74) is 0.786. The van der Waals surface area contributed by atoms with Gasteiger partial charge in [-0.05, 0) is 24.6 Å². The number of amides is 1. The van der Waals surface area contributed by atoms with Gasteiger partial charge in [-0.15, -0.1) is 5.10 Å². The van der Waals surface area contributed by atoms with Crippen LogP contribution in [0.1, 0.15) is 45.1 Å². The van der Waals surface area contributed by atoms with Gasteiger partial charge in [-0.3, -0.25) is 9.89 Å². The minimum Gasteiger partial charge on any atom is -0.338 e. The summed E-state index contributed by atoms with van der Waals surface area (Å²) in [6, 6.07) is 6.07. The van der Waals surface area contributed by atoms with Gasteiger partial charge >= 0.3 is 0 Å². The SMILES string of the molecule is CC(c1ccc(F)cc1)N(C)C(=O)CSc1n[nH]c(C(C)(C)C)n1. The van der Waals surface area contributed by atoms with E-state index < -0.39 is 0 Å². The summed E-state index contributed by atoms with van der Waals surface area (Å²) in [6.07, 6.45) is 0. The van der Waals surface area contributed by atoms with Crippen molar-refractivity contribution in [1.82, 2.24) is 20.1 Å². The van der Waals surface area contributed by atoms with Crippen LogP contribution < -0.4 is 0 Å². The number of carbonyl (C=O) groups excluding carboxylic acids is 1. The Morgan fingerprint density at radius 3 is 2.50 bits per heavy atom. The molecule has 1 amide bonds. The van der Waals surface area contributed by atoms with E-state index in [2.05, 4.69) is 15.2 Å². The molecule has 0 aliphatic heterocycles. The first-order valence-electron chi connectivity index (χ1n) is 7.75. The van der Waals surface area contributed by atoms with E-state index in [0.29, 0.717) is 5.16 Å². The molecule has 2 rings (SSSR count). The van der Waals surface area contributed by atoms with Crippen molar-refractivity contribution in [3.8, 4) is 0 Å². The third kappa shape index (κ3) is 4.56. The van der Waals surface area contributed by atoms with Gasteiger partial charge < -0.3 is 4.90 Å². The van der Waals surface area contributed by atoms with E-state index in [1.165, 1.54) is 23.9 Å². The van der Waals surface area contributed by atoms with Gasteiger partial charge in [0.05, 0.1) is 11.8 Å². The zero-order valence-corrected chi connectivity index (χ0v) is 15.4. The number of thioether (sulfide) groups is 1. The zero-order valence-electron chi connectivity index (χ0n) is 14.6. The third-order valence-electron chi connectivity index (χ3n) is 3.83. The molecule has 2 aromatic rings. The van der Waals surface area contributed by atoms with Crippen LogP contribution in [0.4, 0.5) is 4.39 Å². The fourth-order valence-electron chi connectivity index (χ4n) is 2.06. The molecule has 5 nitrogen and oxygen atoms in total. The van der Waals surface area contributed by atoms with E-state index in [9.17, 15) is 9.18 Å². The van der Waals surface area contributed by atoms with Crippen molar-refractivity contribution in [3.05, 3.63) is 41.5 Å². The van der Waals surface area contributed by atoms with Crippen molar-refractivity contribution in [2.24, 2.45) is 0 Å². The van der Waals surface area contributed by atoms with Gasteiger partial charge in [-0.1, -0.05) is 44.7 Å². The Balaban J connectivity index is 1.94. The maximum absolute atomic E-state index is 13.0. The second-order valence-electron chi connectivity index (χ2n) is 6.74. The zero-order chi connectivity index (χ0) is 17.9. The third-order valence-corrected chi connectivity index (χ3v) is 4.66. The summed E-state index contributed by atoms with van der Waals surface area (Å²) >= 11 is 1.30. The Kier molecular flexibility index (Phi) is 5.64. The lowest BCUT2D eigenvalue weighted by atomic mass is 9.96. The topological polar surface area (TPSA) is 61.9 Å². The molecule has 1 unspecified atom stereocenters. The van der Waals surface area contributed by atoms with Gasteiger partial charge in [-0.25, -0.2) is 9.37 Å². The van der Waals surface area contributed by atoms with Crippen molar-refractivity contribution in [2.75, 3.05) is 12.8 Å². The molecule has 0 saturated heterocycles. The second kappa shape index (κ2) is 7.34. The Morgan fingerprint density at radius 2 is 1.96 bits per heavy atom.